The number of nitrogens with one attached hydrogen (secondary N) is 1. The third-order valence-electron chi connectivity index (χ3n) is 2.80. The maximum absolute atomic E-state index is 6.23. The standard InChI is InChI=1S/C15H18Cl2N2O2/c1-10(2)7-18-8-11-5-12(16)6-14(17)15(11)20-9-13-3-4-19-21-13/h3-6,10,18H,7-9H2,1-2H3. The van der Waals surface area contributed by atoms with E-state index in [1.165, 1.54) is 0 Å². The van der Waals surface area contributed by atoms with Crippen LogP contribution in [0.1, 0.15) is 25.2 Å². The Labute approximate surface area is 134 Å². The van der Waals surface area contributed by atoms with E-state index in [1.54, 1.807) is 18.3 Å². The number of aromatic nitrogens is 1. The van der Waals surface area contributed by atoms with Crippen molar-refractivity contribution in [3.8, 4) is 5.75 Å². The summed E-state index contributed by atoms with van der Waals surface area (Å²) < 4.78 is 10.8. The van der Waals surface area contributed by atoms with Crippen molar-refractivity contribution >= 4 is 23.2 Å². The average Bonchev–Trinajstić information content (AvgIpc) is 2.90. The van der Waals surface area contributed by atoms with Gasteiger partial charge in [0.1, 0.15) is 12.4 Å². The van der Waals surface area contributed by atoms with Crippen LogP contribution in [-0.2, 0) is 13.2 Å². The third kappa shape index (κ3) is 4.92. The highest BCUT2D eigenvalue weighted by atomic mass is 35.5. The van der Waals surface area contributed by atoms with E-state index in [0.29, 0.717) is 34.0 Å². The lowest BCUT2D eigenvalue weighted by atomic mass is 10.1. The van der Waals surface area contributed by atoms with E-state index in [0.717, 1.165) is 12.1 Å². The molecule has 0 aliphatic carbocycles. The van der Waals surface area contributed by atoms with Gasteiger partial charge in [0.05, 0.1) is 11.2 Å². The van der Waals surface area contributed by atoms with Crippen LogP contribution in [0.25, 0.3) is 0 Å². The van der Waals surface area contributed by atoms with E-state index in [9.17, 15) is 0 Å². The minimum Gasteiger partial charge on any atom is -0.484 e. The van der Waals surface area contributed by atoms with Gasteiger partial charge in [0.25, 0.3) is 0 Å². The topological polar surface area (TPSA) is 47.3 Å². The molecule has 0 saturated heterocycles. The summed E-state index contributed by atoms with van der Waals surface area (Å²) in [6, 6.07) is 5.28. The molecule has 0 aliphatic rings. The quantitative estimate of drug-likeness (QED) is 0.822. The Balaban J connectivity index is 2.09. The molecule has 1 aromatic heterocycles. The molecule has 6 heteroatoms. The minimum atomic E-state index is 0.276. The van der Waals surface area contributed by atoms with Crippen LogP contribution in [0.5, 0.6) is 5.75 Å². The minimum absolute atomic E-state index is 0.276. The zero-order valence-electron chi connectivity index (χ0n) is 12.0. The highest BCUT2D eigenvalue weighted by molar-refractivity contribution is 6.35. The fourth-order valence-electron chi connectivity index (χ4n) is 1.86. The van der Waals surface area contributed by atoms with E-state index in [4.69, 9.17) is 32.5 Å². The summed E-state index contributed by atoms with van der Waals surface area (Å²) in [6.45, 7) is 6.13. The molecule has 0 unspecified atom stereocenters. The fraction of sp³-hybridized carbons (Fsp3) is 0.400. The number of halogens is 2. The van der Waals surface area contributed by atoms with E-state index < -0.39 is 0 Å². The van der Waals surface area contributed by atoms with Gasteiger partial charge in [-0.25, -0.2) is 0 Å². The van der Waals surface area contributed by atoms with E-state index >= 15 is 0 Å². The van der Waals surface area contributed by atoms with Gasteiger partial charge in [-0.2, -0.15) is 0 Å². The fourth-order valence-corrected chi connectivity index (χ4v) is 2.45. The van der Waals surface area contributed by atoms with Crippen LogP contribution in [0.3, 0.4) is 0 Å². The van der Waals surface area contributed by atoms with Crippen LogP contribution in [0.4, 0.5) is 0 Å². The molecule has 1 aromatic carbocycles. The maximum Gasteiger partial charge on any atom is 0.174 e. The van der Waals surface area contributed by atoms with Crippen LogP contribution < -0.4 is 10.1 Å². The Bertz CT molecular complexity index is 571. The summed E-state index contributed by atoms with van der Waals surface area (Å²) >= 11 is 12.3. The zero-order chi connectivity index (χ0) is 15.2. The van der Waals surface area contributed by atoms with Crippen molar-refractivity contribution < 1.29 is 9.26 Å². The summed E-state index contributed by atoms with van der Waals surface area (Å²) in [5.74, 6) is 1.83. The molecule has 1 N–H and O–H groups in total. The second kappa shape index (κ2) is 7.69. The lowest BCUT2D eigenvalue weighted by Crippen LogP contribution is -2.19. The van der Waals surface area contributed by atoms with Gasteiger partial charge in [-0.1, -0.05) is 42.2 Å². The van der Waals surface area contributed by atoms with Crippen molar-refractivity contribution in [2.75, 3.05) is 6.54 Å². The lowest BCUT2D eigenvalue weighted by molar-refractivity contribution is 0.247. The van der Waals surface area contributed by atoms with Gasteiger partial charge in [0.15, 0.2) is 5.76 Å². The number of benzene rings is 1. The van der Waals surface area contributed by atoms with Gasteiger partial charge < -0.3 is 14.6 Å². The molecule has 0 atom stereocenters. The van der Waals surface area contributed by atoms with Crippen LogP contribution in [0, 0.1) is 5.92 Å². The van der Waals surface area contributed by atoms with Gasteiger partial charge >= 0.3 is 0 Å². The van der Waals surface area contributed by atoms with Crippen molar-refractivity contribution in [2.45, 2.75) is 27.0 Å². The first-order valence-electron chi connectivity index (χ1n) is 6.77. The third-order valence-corrected chi connectivity index (χ3v) is 3.30. The van der Waals surface area contributed by atoms with Gasteiger partial charge in [-0.3, -0.25) is 0 Å². The second-order valence-electron chi connectivity index (χ2n) is 5.17. The number of ether oxygens (including phenoxy) is 1. The molecule has 21 heavy (non-hydrogen) atoms. The van der Waals surface area contributed by atoms with E-state index in [-0.39, 0.29) is 6.61 Å². The molecule has 0 bridgehead atoms. The summed E-state index contributed by atoms with van der Waals surface area (Å²) in [6.07, 6.45) is 1.58. The first-order chi connectivity index (χ1) is 10.1. The summed E-state index contributed by atoms with van der Waals surface area (Å²) in [7, 11) is 0. The van der Waals surface area contributed by atoms with E-state index in [2.05, 4.69) is 24.3 Å². The van der Waals surface area contributed by atoms with Crippen LogP contribution in [0.15, 0.2) is 28.9 Å². The van der Waals surface area contributed by atoms with Crippen molar-refractivity contribution in [3.63, 3.8) is 0 Å². The number of rotatable bonds is 7. The molecule has 0 saturated carbocycles. The molecule has 114 valence electrons. The van der Waals surface area contributed by atoms with Gasteiger partial charge in [0, 0.05) is 23.2 Å². The normalized spacial score (nSPS) is 11.1. The van der Waals surface area contributed by atoms with Gasteiger partial charge in [-0.15, -0.1) is 0 Å². The molecule has 0 aliphatic heterocycles. The lowest BCUT2D eigenvalue weighted by Gasteiger charge is -2.14. The highest BCUT2D eigenvalue weighted by Gasteiger charge is 2.12. The van der Waals surface area contributed by atoms with Gasteiger partial charge in [-0.05, 0) is 24.6 Å². The summed E-state index contributed by atoms with van der Waals surface area (Å²) in [5, 5.41) is 8.08. The van der Waals surface area contributed by atoms with Crippen molar-refractivity contribution in [2.24, 2.45) is 5.92 Å². The Morgan fingerprint density at radius 3 is 2.81 bits per heavy atom. The Hall–Kier alpha value is -1.23. The Morgan fingerprint density at radius 1 is 1.33 bits per heavy atom. The highest BCUT2D eigenvalue weighted by Crippen LogP contribution is 2.33. The monoisotopic (exact) mass is 328 g/mol. The second-order valence-corrected chi connectivity index (χ2v) is 6.01. The molecule has 2 rings (SSSR count). The van der Waals surface area contributed by atoms with E-state index in [1.807, 2.05) is 6.07 Å². The Morgan fingerprint density at radius 2 is 2.14 bits per heavy atom. The van der Waals surface area contributed by atoms with Crippen LogP contribution in [0.2, 0.25) is 10.0 Å². The predicted molar refractivity (Wildman–Crippen MR) is 83.8 cm³/mol. The molecular weight excluding hydrogens is 311 g/mol. The molecule has 0 amide bonds. The summed E-state index contributed by atoms with van der Waals surface area (Å²) in [4.78, 5) is 0. The number of nitrogens with zero attached hydrogens (tertiary/aromatic N) is 1. The van der Waals surface area contributed by atoms with Gasteiger partial charge in [0.2, 0.25) is 0 Å². The zero-order valence-corrected chi connectivity index (χ0v) is 13.5. The first kappa shape index (κ1) is 16.1. The molecule has 2 aromatic rings. The van der Waals surface area contributed by atoms with Crippen LogP contribution in [-0.4, -0.2) is 11.7 Å². The molecule has 4 nitrogen and oxygen atoms in total. The summed E-state index contributed by atoms with van der Waals surface area (Å²) in [5.41, 5.74) is 0.924. The molecular formula is C15H18Cl2N2O2. The number of hydrogen-bond donors (Lipinski definition) is 1. The van der Waals surface area contributed by atoms with Crippen molar-refractivity contribution in [3.05, 3.63) is 45.8 Å². The molecule has 1 heterocycles. The number of hydrogen-bond acceptors (Lipinski definition) is 4. The largest absolute Gasteiger partial charge is 0.484 e. The molecule has 0 spiro atoms. The smallest absolute Gasteiger partial charge is 0.174 e. The molecule has 0 radical (unpaired) electrons. The first-order valence-corrected chi connectivity index (χ1v) is 7.53. The van der Waals surface area contributed by atoms with Crippen LogP contribution >= 0.6 is 23.2 Å². The predicted octanol–water partition coefficient (Wildman–Crippen LogP) is 4.31. The van der Waals surface area contributed by atoms with Crippen molar-refractivity contribution in [1.82, 2.24) is 10.5 Å². The Kier molecular flexibility index (Phi) is 5.91. The average molecular weight is 329 g/mol. The van der Waals surface area contributed by atoms with Crippen molar-refractivity contribution in [1.29, 1.82) is 0 Å². The molecule has 0 fully saturated rings. The maximum atomic E-state index is 6.23. The SMILES string of the molecule is CC(C)CNCc1cc(Cl)cc(Cl)c1OCc1ccno1.